The van der Waals surface area contributed by atoms with Crippen LogP contribution in [0.5, 0.6) is 11.5 Å². The van der Waals surface area contributed by atoms with E-state index in [-0.39, 0.29) is 43.2 Å². The van der Waals surface area contributed by atoms with Gasteiger partial charge in [0.2, 0.25) is 5.95 Å². The van der Waals surface area contributed by atoms with Gasteiger partial charge in [0.15, 0.2) is 11.2 Å². The highest BCUT2D eigenvalue weighted by atomic mass is 31.2. The number of imidazole rings is 1. The smallest absolute Gasteiger partial charge is 0.280 e. The van der Waals surface area contributed by atoms with Crippen LogP contribution in [0.3, 0.4) is 0 Å². The molecule has 0 aliphatic carbocycles. The maximum Gasteiger partial charge on any atom is 0.280 e. The predicted octanol–water partition coefficient (Wildman–Crippen LogP) is 8.30. The van der Waals surface area contributed by atoms with E-state index in [9.17, 15) is 10.1 Å². The van der Waals surface area contributed by atoms with E-state index in [4.69, 9.17) is 37.4 Å². The van der Waals surface area contributed by atoms with Gasteiger partial charge >= 0.3 is 0 Å². The lowest BCUT2D eigenvalue weighted by Crippen LogP contribution is -2.39. The highest BCUT2D eigenvalue weighted by Crippen LogP contribution is 2.51. The second-order valence-electron chi connectivity index (χ2n) is 15.0. The van der Waals surface area contributed by atoms with Gasteiger partial charge < -0.3 is 37.7 Å². The summed E-state index contributed by atoms with van der Waals surface area (Å²) in [5.74, 6) is 2.35. The summed E-state index contributed by atoms with van der Waals surface area (Å²) in [6.07, 6.45) is 1.81. The van der Waals surface area contributed by atoms with Crippen molar-refractivity contribution >= 4 is 25.6 Å². The van der Waals surface area contributed by atoms with Crippen LogP contribution in [-0.4, -0.2) is 75.9 Å². The van der Waals surface area contributed by atoms with Gasteiger partial charge in [0.05, 0.1) is 65.2 Å². The Morgan fingerprint density at radius 3 is 2.20 bits per heavy atom. The number of anilines is 1. The van der Waals surface area contributed by atoms with Crippen LogP contribution in [0.1, 0.15) is 69.2 Å². The molecule has 1 saturated heterocycles. The van der Waals surface area contributed by atoms with Crippen LogP contribution in [0, 0.1) is 11.3 Å². The van der Waals surface area contributed by atoms with Crippen molar-refractivity contribution in [2.75, 3.05) is 32.8 Å². The van der Waals surface area contributed by atoms with Gasteiger partial charge in [-0.15, -0.1) is 0 Å². The first-order valence-corrected chi connectivity index (χ1v) is 21.4. The Morgan fingerprint density at radius 2 is 1.61 bits per heavy atom. The van der Waals surface area contributed by atoms with Gasteiger partial charge in [0.25, 0.3) is 14.1 Å². The zero-order valence-corrected chi connectivity index (χ0v) is 36.1. The molecule has 0 bridgehead atoms. The molecule has 2 N–H and O–H groups in total. The van der Waals surface area contributed by atoms with Crippen molar-refractivity contribution in [2.45, 2.75) is 83.2 Å². The van der Waals surface area contributed by atoms with Crippen molar-refractivity contribution in [3.8, 4) is 17.6 Å². The fourth-order valence-electron chi connectivity index (χ4n) is 7.63. The number of nitriles is 1. The summed E-state index contributed by atoms with van der Waals surface area (Å²) in [5, 5.41) is 12.6. The Morgan fingerprint density at radius 1 is 0.951 bits per heavy atom. The van der Waals surface area contributed by atoms with Gasteiger partial charge in [-0.25, -0.2) is 9.65 Å². The van der Waals surface area contributed by atoms with Crippen molar-refractivity contribution < 1.29 is 32.4 Å². The zero-order valence-electron chi connectivity index (χ0n) is 35.2. The lowest BCUT2D eigenvalue weighted by molar-refractivity contribution is -0.0912. The van der Waals surface area contributed by atoms with Gasteiger partial charge in [-0.3, -0.25) is 14.3 Å². The Bertz CT molecular complexity index is 2350. The number of fused-ring (bicyclic) bond motifs is 1. The highest BCUT2D eigenvalue weighted by molar-refractivity contribution is 7.44. The van der Waals surface area contributed by atoms with Crippen LogP contribution < -0.4 is 20.3 Å². The number of aromatic amines is 1. The largest absolute Gasteiger partial charge is 0.497 e. The lowest BCUT2D eigenvalue weighted by atomic mass is 9.80. The Balaban J connectivity index is 1.29. The minimum absolute atomic E-state index is 0.0649. The molecule has 1 aliphatic heterocycles. The molecule has 15 nitrogen and oxygen atoms in total. The highest BCUT2D eigenvalue weighted by Gasteiger charge is 2.45. The molecule has 61 heavy (non-hydrogen) atoms. The van der Waals surface area contributed by atoms with Gasteiger partial charge in [-0.05, 0) is 80.8 Å². The van der Waals surface area contributed by atoms with Gasteiger partial charge in [-0.2, -0.15) is 10.2 Å². The SMILES string of the molecule is COc1ccc(C(OC[C@H]2O[C@@H](n3cnc4c(=O)[nH]c(NCc5ccco5)nc43)C[C@@H]2OP(OCCC#N)N(C(C)C)C(C)C)(c2ccccc2)c2ccc(OC)cc2)cc1. The molecule has 6 aromatic rings. The standard InChI is InChI=1S/C45H52N7O8P/c1-30(2)52(31(3)4)61(58-25-11-23-46)60-38-26-40(51-29-48-41-42(51)49-44(50-43(41)53)47-27-37-14-10-24-56-37)59-39(38)28-57-45(32-12-8-7-9-13-32,33-15-19-35(54-5)20-16-33)34-17-21-36(55-6)22-18-34/h7-10,12-22,24,29-31,38-40H,11,25-28H2,1-6H3,(H2,47,49,50,53)/t38-,39+,40+,61?/m0/s1. The topological polar surface area (TPSA) is 171 Å². The summed E-state index contributed by atoms with van der Waals surface area (Å²) in [5.41, 5.74) is 1.59. The molecule has 0 spiro atoms. The van der Waals surface area contributed by atoms with Crippen molar-refractivity contribution in [1.29, 1.82) is 5.26 Å². The minimum atomic E-state index is -1.67. The zero-order chi connectivity index (χ0) is 42.9. The molecule has 16 heteroatoms. The third-order valence-corrected chi connectivity index (χ3v) is 12.6. The summed E-state index contributed by atoms with van der Waals surface area (Å²) >= 11 is 0. The Hall–Kier alpha value is -5.59. The van der Waals surface area contributed by atoms with E-state index >= 15 is 0 Å². The van der Waals surface area contributed by atoms with Crippen molar-refractivity contribution in [1.82, 2.24) is 24.2 Å². The van der Waals surface area contributed by atoms with Crippen LogP contribution in [0.4, 0.5) is 5.95 Å². The van der Waals surface area contributed by atoms with Crippen LogP contribution in [0.25, 0.3) is 11.2 Å². The van der Waals surface area contributed by atoms with Gasteiger partial charge in [0, 0.05) is 18.5 Å². The maximum atomic E-state index is 13.3. The van der Waals surface area contributed by atoms with Gasteiger partial charge in [-0.1, -0.05) is 54.6 Å². The first-order valence-electron chi connectivity index (χ1n) is 20.3. The number of rotatable bonds is 20. The molecular formula is C45H52N7O8P. The first-order chi connectivity index (χ1) is 29.6. The number of hydrogen-bond acceptors (Lipinski definition) is 13. The van der Waals surface area contributed by atoms with Gasteiger partial charge in [0.1, 0.15) is 35.2 Å². The van der Waals surface area contributed by atoms with E-state index in [1.54, 1.807) is 37.4 Å². The van der Waals surface area contributed by atoms with E-state index in [0.29, 0.717) is 35.9 Å². The number of hydrogen-bond donors (Lipinski definition) is 2. The number of furan rings is 1. The van der Waals surface area contributed by atoms with E-state index in [1.165, 1.54) is 0 Å². The molecule has 7 rings (SSSR count). The quantitative estimate of drug-likeness (QED) is 0.0428. The summed E-state index contributed by atoms with van der Waals surface area (Å²) in [4.78, 5) is 25.3. The van der Waals surface area contributed by atoms with E-state index in [2.05, 4.69) is 53.7 Å². The molecule has 0 saturated carbocycles. The molecule has 4 atom stereocenters. The van der Waals surface area contributed by atoms with Crippen molar-refractivity contribution in [3.05, 3.63) is 136 Å². The molecule has 0 radical (unpaired) electrons. The number of aromatic nitrogens is 4. The van der Waals surface area contributed by atoms with E-state index in [0.717, 1.165) is 16.7 Å². The Kier molecular flexibility index (Phi) is 14.2. The van der Waals surface area contributed by atoms with Crippen LogP contribution in [0.2, 0.25) is 0 Å². The molecule has 1 fully saturated rings. The number of methoxy groups -OCH3 is 2. The molecule has 3 aromatic heterocycles. The molecule has 320 valence electrons. The number of nitrogens with one attached hydrogen (secondary N) is 2. The summed E-state index contributed by atoms with van der Waals surface area (Å²) in [6, 6.07) is 31.7. The molecule has 3 aromatic carbocycles. The van der Waals surface area contributed by atoms with Crippen LogP contribution in [-0.2, 0) is 30.7 Å². The summed E-state index contributed by atoms with van der Waals surface area (Å²) < 4.78 is 48.3. The lowest BCUT2D eigenvalue weighted by Gasteiger charge is -2.39. The fourth-order valence-corrected chi connectivity index (χ4v) is 9.39. The second kappa shape index (κ2) is 19.9. The average molecular weight is 850 g/mol. The fraction of sp³-hybridized carbons (Fsp3) is 0.378. The number of benzene rings is 3. The number of ether oxygens (including phenoxy) is 4. The first kappa shape index (κ1) is 43.5. The van der Waals surface area contributed by atoms with E-state index in [1.807, 2.05) is 84.9 Å². The monoisotopic (exact) mass is 849 g/mol. The van der Waals surface area contributed by atoms with Crippen LogP contribution in [0.15, 0.2) is 113 Å². The van der Waals surface area contributed by atoms with Crippen molar-refractivity contribution in [2.24, 2.45) is 0 Å². The summed E-state index contributed by atoms with van der Waals surface area (Å²) in [7, 11) is 1.60. The number of H-pyrrole nitrogens is 1. The average Bonchev–Trinajstić information content (AvgIpc) is 4.05. The normalized spacial score (nSPS) is 17.3. The minimum Gasteiger partial charge on any atom is -0.497 e. The third-order valence-electron chi connectivity index (χ3n) is 10.5. The maximum absolute atomic E-state index is 13.3. The third kappa shape index (κ3) is 9.66. The molecule has 1 unspecified atom stereocenters. The van der Waals surface area contributed by atoms with Crippen molar-refractivity contribution in [3.63, 3.8) is 0 Å². The molecule has 4 heterocycles. The van der Waals surface area contributed by atoms with Crippen LogP contribution >= 0.6 is 8.53 Å². The molecule has 1 aliphatic rings. The van der Waals surface area contributed by atoms with E-state index < -0.39 is 38.1 Å². The Labute approximate surface area is 356 Å². The predicted molar refractivity (Wildman–Crippen MR) is 231 cm³/mol. The number of nitrogens with zero attached hydrogens (tertiary/aromatic N) is 5. The molecular weight excluding hydrogens is 798 g/mol. The summed E-state index contributed by atoms with van der Waals surface area (Å²) in [6.45, 7) is 8.96. The molecule has 0 amide bonds. The second-order valence-corrected chi connectivity index (χ2v) is 16.4.